The first-order valence-corrected chi connectivity index (χ1v) is 10.1. The number of pyridine rings is 1. The number of rotatable bonds is 3. The van der Waals surface area contributed by atoms with Gasteiger partial charge in [0.25, 0.3) is 0 Å². The summed E-state index contributed by atoms with van der Waals surface area (Å²) in [6.45, 7) is 8.41. The standard InChI is InChI=1S/C20H26BrN3O2/c1-13-10-24(11-14(2)26-13)15-7-8-23(12-15)18-9-22-19-16(20(18)25-3)5-4-6-17(19)21/h4-6,9,13-15H,7-8,10-12H2,1-3H3/t13-,14+,15?. The molecule has 0 saturated carbocycles. The van der Waals surface area contributed by atoms with E-state index in [0.29, 0.717) is 18.2 Å². The van der Waals surface area contributed by atoms with Gasteiger partial charge in [0.05, 0.1) is 36.7 Å². The molecule has 3 heterocycles. The zero-order valence-corrected chi connectivity index (χ0v) is 17.2. The van der Waals surface area contributed by atoms with E-state index in [1.807, 2.05) is 18.3 Å². The summed E-state index contributed by atoms with van der Waals surface area (Å²) in [4.78, 5) is 9.71. The molecule has 2 aliphatic heterocycles. The molecule has 0 aliphatic carbocycles. The average Bonchev–Trinajstić information content (AvgIpc) is 3.10. The Balaban J connectivity index is 1.59. The fourth-order valence-electron chi connectivity index (χ4n) is 4.37. The largest absolute Gasteiger partial charge is 0.494 e. The molecule has 2 fully saturated rings. The quantitative estimate of drug-likeness (QED) is 0.757. The van der Waals surface area contributed by atoms with Crippen LogP contribution < -0.4 is 9.64 Å². The lowest BCUT2D eigenvalue weighted by atomic mass is 10.1. The van der Waals surface area contributed by atoms with Gasteiger partial charge in [-0.25, -0.2) is 0 Å². The SMILES string of the molecule is COc1c(N2CCC(N3C[C@@H](C)O[C@@H](C)C3)C2)cnc2c(Br)cccc12. The van der Waals surface area contributed by atoms with E-state index >= 15 is 0 Å². The van der Waals surface area contributed by atoms with E-state index in [2.05, 4.69) is 45.6 Å². The summed E-state index contributed by atoms with van der Waals surface area (Å²) in [5, 5.41) is 1.05. The Morgan fingerprint density at radius 2 is 1.96 bits per heavy atom. The highest BCUT2D eigenvalue weighted by Gasteiger charge is 2.33. The second-order valence-electron chi connectivity index (χ2n) is 7.41. The third-order valence-corrected chi connectivity index (χ3v) is 6.09. The van der Waals surface area contributed by atoms with Crippen LogP contribution in [0.15, 0.2) is 28.9 Å². The van der Waals surface area contributed by atoms with Crippen LogP contribution in [-0.4, -0.2) is 61.4 Å². The van der Waals surface area contributed by atoms with Crippen LogP contribution in [0, 0.1) is 0 Å². The van der Waals surface area contributed by atoms with Gasteiger partial charge in [-0.05, 0) is 48.3 Å². The fourth-order valence-corrected chi connectivity index (χ4v) is 4.83. The Kier molecular flexibility index (Phi) is 5.08. The second kappa shape index (κ2) is 7.33. The smallest absolute Gasteiger partial charge is 0.153 e. The van der Waals surface area contributed by atoms with Gasteiger partial charge >= 0.3 is 0 Å². The molecule has 0 amide bonds. The highest BCUT2D eigenvalue weighted by Crippen LogP contribution is 2.38. The summed E-state index contributed by atoms with van der Waals surface area (Å²) >= 11 is 3.59. The predicted molar refractivity (Wildman–Crippen MR) is 108 cm³/mol. The molecule has 1 unspecified atom stereocenters. The third kappa shape index (κ3) is 3.30. The normalized spacial score (nSPS) is 27.2. The third-order valence-electron chi connectivity index (χ3n) is 5.45. The molecule has 1 aromatic heterocycles. The molecule has 0 N–H and O–H groups in total. The highest BCUT2D eigenvalue weighted by molar-refractivity contribution is 9.10. The van der Waals surface area contributed by atoms with Gasteiger partial charge in [0.15, 0.2) is 5.75 Å². The number of methoxy groups -OCH3 is 1. The number of benzene rings is 1. The second-order valence-corrected chi connectivity index (χ2v) is 8.27. The van der Waals surface area contributed by atoms with Crippen molar-refractivity contribution in [1.82, 2.24) is 9.88 Å². The van der Waals surface area contributed by atoms with Crippen LogP contribution in [0.2, 0.25) is 0 Å². The molecule has 3 atom stereocenters. The summed E-state index contributed by atoms with van der Waals surface area (Å²) in [5.41, 5.74) is 2.04. The number of hydrogen-bond donors (Lipinski definition) is 0. The molecule has 2 saturated heterocycles. The number of fused-ring (bicyclic) bond motifs is 1. The summed E-state index contributed by atoms with van der Waals surface area (Å²) in [5.74, 6) is 0.917. The minimum absolute atomic E-state index is 0.307. The molecule has 4 rings (SSSR count). The molecule has 2 aliphatic rings. The van der Waals surface area contributed by atoms with E-state index in [9.17, 15) is 0 Å². The zero-order valence-electron chi connectivity index (χ0n) is 15.6. The molecule has 0 radical (unpaired) electrons. The fraction of sp³-hybridized carbons (Fsp3) is 0.550. The summed E-state index contributed by atoms with van der Waals surface area (Å²) < 4.78 is 12.7. The maximum atomic E-state index is 5.89. The van der Waals surface area contributed by atoms with Crippen LogP contribution in [0.4, 0.5) is 5.69 Å². The number of anilines is 1. The first-order chi connectivity index (χ1) is 12.6. The highest BCUT2D eigenvalue weighted by atomic mass is 79.9. The van der Waals surface area contributed by atoms with Crippen molar-refractivity contribution >= 4 is 32.5 Å². The van der Waals surface area contributed by atoms with Gasteiger partial charge in [-0.15, -0.1) is 0 Å². The summed E-state index contributed by atoms with van der Waals surface area (Å²) in [7, 11) is 1.75. The van der Waals surface area contributed by atoms with Gasteiger partial charge in [0.2, 0.25) is 0 Å². The van der Waals surface area contributed by atoms with Gasteiger partial charge in [-0.3, -0.25) is 9.88 Å². The number of para-hydroxylation sites is 1. The summed E-state index contributed by atoms with van der Waals surface area (Å²) in [6, 6.07) is 6.69. The van der Waals surface area contributed by atoms with Gasteiger partial charge in [0, 0.05) is 42.1 Å². The number of halogens is 1. The lowest BCUT2D eigenvalue weighted by molar-refractivity contribution is -0.0779. The van der Waals surface area contributed by atoms with Crippen LogP contribution >= 0.6 is 15.9 Å². The van der Waals surface area contributed by atoms with Crippen molar-refractivity contribution in [2.45, 2.75) is 38.5 Å². The van der Waals surface area contributed by atoms with E-state index in [0.717, 1.165) is 53.0 Å². The molecule has 5 nitrogen and oxygen atoms in total. The van der Waals surface area contributed by atoms with Crippen LogP contribution in [0.5, 0.6) is 5.75 Å². The minimum atomic E-state index is 0.307. The Morgan fingerprint density at radius 3 is 2.69 bits per heavy atom. The van der Waals surface area contributed by atoms with Crippen LogP contribution in [0.3, 0.4) is 0 Å². The van der Waals surface area contributed by atoms with E-state index in [1.165, 1.54) is 6.42 Å². The Bertz CT molecular complexity index is 790. The lowest BCUT2D eigenvalue weighted by Crippen LogP contribution is -2.50. The van der Waals surface area contributed by atoms with Crippen molar-refractivity contribution in [2.75, 3.05) is 38.2 Å². The Hall–Kier alpha value is -1.37. The predicted octanol–water partition coefficient (Wildman–Crippen LogP) is 3.69. The van der Waals surface area contributed by atoms with Crippen molar-refractivity contribution < 1.29 is 9.47 Å². The Labute approximate surface area is 163 Å². The van der Waals surface area contributed by atoms with Gasteiger partial charge in [-0.1, -0.05) is 6.07 Å². The van der Waals surface area contributed by atoms with E-state index < -0.39 is 0 Å². The molecule has 6 heteroatoms. The van der Waals surface area contributed by atoms with Crippen molar-refractivity contribution in [2.24, 2.45) is 0 Å². The van der Waals surface area contributed by atoms with Crippen molar-refractivity contribution in [1.29, 1.82) is 0 Å². The number of morpholine rings is 1. The maximum Gasteiger partial charge on any atom is 0.153 e. The van der Waals surface area contributed by atoms with Gasteiger partial charge < -0.3 is 14.4 Å². The number of aromatic nitrogens is 1. The van der Waals surface area contributed by atoms with Crippen LogP contribution in [0.1, 0.15) is 20.3 Å². The number of hydrogen-bond acceptors (Lipinski definition) is 5. The molecule has 1 aromatic carbocycles. The van der Waals surface area contributed by atoms with Gasteiger partial charge in [0.1, 0.15) is 0 Å². The topological polar surface area (TPSA) is 37.8 Å². The average molecular weight is 420 g/mol. The summed E-state index contributed by atoms with van der Waals surface area (Å²) in [6.07, 6.45) is 3.74. The Morgan fingerprint density at radius 1 is 1.19 bits per heavy atom. The molecule has 26 heavy (non-hydrogen) atoms. The first kappa shape index (κ1) is 18.0. The number of nitrogens with zero attached hydrogens (tertiary/aromatic N) is 3. The van der Waals surface area contributed by atoms with E-state index in [-0.39, 0.29) is 0 Å². The first-order valence-electron chi connectivity index (χ1n) is 9.32. The molecule has 0 spiro atoms. The molecule has 140 valence electrons. The number of ether oxygens (including phenoxy) is 2. The minimum Gasteiger partial charge on any atom is -0.494 e. The molecular formula is C20H26BrN3O2. The van der Waals surface area contributed by atoms with Crippen LogP contribution in [0.25, 0.3) is 10.9 Å². The van der Waals surface area contributed by atoms with Crippen LogP contribution in [-0.2, 0) is 4.74 Å². The van der Waals surface area contributed by atoms with Crippen molar-refractivity contribution in [3.8, 4) is 5.75 Å². The molecule has 0 bridgehead atoms. The maximum absolute atomic E-state index is 5.89. The lowest BCUT2D eigenvalue weighted by Gasteiger charge is -2.38. The van der Waals surface area contributed by atoms with Gasteiger partial charge in [-0.2, -0.15) is 0 Å². The zero-order chi connectivity index (χ0) is 18.3. The molecule has 2 aromatic rings. The van der Waals surface area contributed by atoms with Crippen molar-refractivity contribution in [3.63, 3.8) is 0 Å². The van der Waals surface area contributed by atoms with Crippen molar-refractivity contribution in [3.05, 3.63) is 28.9 Å². The monoisotopic (exact) mass is 419 g/mol. The van der Waals surface area contributed by atoms with E-state index in [1.54, 1.807) is 7.11 Å². The van der Waals surface area contributed by atoms with E-state index in [4.69, 9.17) is 14.5 Å². The molecular weight excluding hydrogens is 394 g/mol.